The van der Waals surface area contributed by atoms with E-state index in [4.69, 9.17) is 14.8 Å². The number of hydrogen-bond donors (Lipinski definition) is 0. The average Bonchev–Trinajstić information content (AvgIpc) is 3.33. The molecule has 7 heteroatoms. The van der Waals surface area contributed by atoms with E-state index in [2.05, 4.69) is 17.1 Å². The summed E-state index contributed by atoms with van der Waals surface area (Å²) in [5.41, 5.74) is 1.67. The van der Waals surface area contributed by atoms with E-state index in [0.717, 1.165) is 38.7 Å². The molecule has 0 radical (unpaired) electrons. The van der Waals surface area contributed by atoms with Gasteiger partial charge in [-0.1, -0.05) is 60.7 Å². The van der Waals surface area contributed by atoms with Crippen LogP contribution in [-0.4, -0.2) is 24.8 Å². The van der Waals surface area contributed by atoms with Crippen molar-refractivity contribution >= 4 is 27.2 Å². The van der Waals surface area contributed by atoms with Crippen molar-refractivity contribution < 1.29 is 4.74 Å². The number of ether oxygens (including phenoxy) is 1. The van der Waals surface area contributed by atoms with Gasteiger partial charge in [0.05, 0.1) is 5.52 Å². The topological polar surface area (TPSA) is 65.2 Å². The maximum absolute atomic E-state index is 6.12. The number of fused-ring (bicyclic) bond motifs is 2. The van der Waals surface area contributed by atoms with E-state index in [1.807, 2.05) is 66.7 Å². The number of pyridine rings is 1. The van der Waals surface area contributed by atoms with E-state index in [1.165, 1.54) is 11.3 Å². The molecule has 5 rings (SSSR count). The van der Waals surface area contributed by atoms with Gasteiger partial charge in [0, 0.05) is 5.39 Å². The number of benzene rings is 2. The van der Waals surface area contributed by atoms with E-state index >= 15 is 0 Å². The number of aromatic nitrogens is 5. The number of para-hydroxylation sites is 2. The summed E-state index contributed by atoms with van der Waals surface area (Å²) in [6.07, 6.45) is 0.675. The molecule has 2 aromatic carbocycles. The monoisotopic (exact) mass is 387 g/mol. The molecule has 0 bridgehead atoms. The van der Waals surface area contributed by atoms with E-state index in [-0.39, 0.29) is 6.10 Å². The SMILES string of the molecule is CCC(Oc1ccccc1)c1nn2c(-c3ccc4ccccc4n3)nnc2s1. The molecule has 0 saturated heterocycles. The Morgan fingerprint density at radius 1 is 0.964 bits per heavy atom. The average molecular weight is 387 g/mol. The lowest BCUT2D eigenvalue weighted by molar-refractivity contribution is 0.199. The van der Waals surface area contributed by atoms with Crippen LogP contribution in [-0.2, 0) is 0 Å². The first-order valence-electron chi connectivity index (χ1n) is 9.12. The molecule has 0 aliphatic carbocycles. The molecule has 138 valence electrons. The second-order valence-electron chi connectivity index (χ2n) is 6.38. The van der Waals surface area contributed by atoms with Crippen LogP contribution in [0.3, 0.4) is 0 Å². The molecule has 0 spiro atoms. The zero-order valence-electron chi connectivity index (χ0n) is 15.2. The van der Waals surface area contributed by atoms with Crippen LogP contribution in [0.4, 0.5) is 0 Å². The van der Waals surface area contributed by atoms with Crippen LogP contribution in [0.1, 0.15) is 24.5 Å². The highest BCUT2D eigenvalue weighted by Crippen LogP contribution is 2.29. The molecule has 28 heavy (non-hydrogen) atoms. The fraction of sp³-hybridized carbons (Fsp3) is 0.143. The molecule has 3 aromatic heterocycles. The van der Waals surface area contributed by atoms with Crippen LogP contribution in [0.2, 0.25) is 0 Å². The van der Waals surface area contributed by atoms with Crippen molar-refractivity contribution in [3.63, 3.8) is 0 Å². The minimum atomic E-state index is -0.133. The number of rotatable bonds is 5. The summed E-state index contributed by atoms with van der Waals surface area (Å²) in [7, 11) is 0. The molecule has 0 fully saturated rings. The van der Waals surface area contributed by atoms with Gasteiger partial charge in [0.2, 0.25) is 10.8 Å². The van der Waals surface area contributed by atoms with Gasteiger partial charge in [0.1, 0.15) is 11.4 Å². The summed E-state index contributed by atoms with van der Waals surface area (Å²) in [6.45, 7) is 2.09. The van der Waals surface area contributed by atoms with Crippen LogP contribution in [0.25, 0.3) is 27.4 Å². The van der Waals surface area contributed by atoms with E-state index in [9.17, 15) is 0 Å². The van der Waals surface area contributed by atoms with E-state index in [1.54, 1.807) is 4.52 Å². The van der Waals surface area contributed by atoms with E-state index in [0.29, 0.717) is 5.82 Å². The second-order valence-corrected chi connectivity index (χ2v) is 7.36. The summed E-state index contributed by atoms with van der Waals surface area (Å²) in [6, 6.07) is 21.8. The summed E-state index contributed by atoms with van der Waals surface area (Å²) in [4.78, 5) is 5.45. The van der Waals surface area contributed by atoms with Gasteiger partial charge in [0.25, 0.3) is 0 Å². The fourth-order valence-corrected chi connectivity index (χ4v) is 4.04. The number of nitrogens with zero attached hydrogens (tertiary/aromatic N) is 5. The first kappa shape index (κ1) is 16.8. The maximum atomic E-state index is 6.12. The lowest BCUT2D eigenvalue weighted by Gasteiger charge is -2.14. The quantitative estimate of drug-likeness (QED) is 0.428. The normalized spacial score (nSPS) is 12.5. The van der Waals surface area contributed by atoms with Gasteiger partial charge in [0.15, 0.2) is 11.1 Å². The zero-order chi connectivity index (χ0) is 18.9. The Kier molecular flexibility index (Phi) is 4.21. The molecule has 3 heterocycles. The Labute approximate surface area is 165 Å². The molecule has 0 aliphatic heterocycles. The van der Waals surface area contributed by atoms with Crippen LogP contribution in [0.5, 0.6) is 5.75 Å². The van der Waals surface area contributed by atoms with Gasteiger partial charge in [-0.3, -0.25) is 0 Å². The molecule has 0 saturated carbocycles. The van der Waals surface area contributed by atoms with Crippen molar-refractivity contribution in [1.82, 2.24) is 24.8 Å². The summed E-state index contributed by atoms with van der Waals surface area (Å²) in [5, 5.41) is 15.3. The molecule has 1 unspecified atom stereocenters. The summed E-state index contributed by atoms with van der Waals surface area (Å²) in [5.74, 6) is 1.47. The molecule has 0 amide bonds. The summed E-state index contributed by atoms with van der Waals surface area (Å²) >= 11 is 1.49. The van der Waals surface area contributed by atoms with Crippen molar-refractivity contribution in [2.75, 3.05) is 0 Å². The third-order valence-electron chi connectivity index (χ3n) is 4.50. The van der Waals surface area contributed by atoms with Crippen LogP contribution in [0, 0.1) is 0 Å². The first-order valence-corrected chi connectivity index (χ1v) is 9.93. The van der Waals surface area contributed by atoms with Gasteiger partial charge in [-0.15, -0.1) is 10.2 Å². The Morgan fingerprint density at radius 3 is 2.64 bits per heavy atom. The van der Waals surface area contributed by atoms with Gasteiger partial charge in [-0.25, -0.2) is 4.98 Å². The van der Waals surface area contributed by atoms with Crippen molar-refractivity contribution in [2.24, 2.45) is 0 Å². The minimum absolute atomic E-state index is 0.133. The molecule has 0 aliphatic rings. The largest absolute Gasteiger partial charge is 0.483 e. The third-order valence-corrected chi connectivity index (χ3v) is 5.49. The van der Waals surface area contributed by atoms with Gasteiger partial charge < -0.3 is 4.74 Å². The highest BCUT2D eigenvalue weighted by Gasteiger charge is 2.21. The standard InChI is InChI=1S/C21H17N5OS/c1-2-18(27-15-9-4-3-5-10-15)20-25-26-19(23-24-21(26)28-20)17-13-12-14-8-6-7-11-16(14)22-17/h3-13,18H,2H2,1H3. The molecule has 5 aromatic rings. The second kappa shape index (κ2) is 7.01. The lowest BCUT2D eigenvalue weighted by Crippen LogP contribution is -2.07. The predicted molar refractivity (Wildman–Crippen MR) is 109 cm³/mol. The maximum Gasteiger partial charge on any atom is 0.235 e. The molecule has 0 N–H and O–H groups in total. The third kappa shape index (κ3) is 2.99. The Bertz CT molecular complexity index is 1250. The highest BCUT2D eigenvalue weighted by molar-refractivity contribution is 7.16. The van der Waals surface area contributed by atoms with Crippen LogP contribution in [0.15, 0.2) is 66.7 Å². The first-order chi connectivity index (χ1) is 13.8. The molecule has 1 atom stereocenters. The van der Waals surface area contributed by atoms with Gasteiger partial charge in [-0.05, 0) is 30.7 Å². The van der Waals surface area contributed by atoms with Crippen molar-refractivity contribution in [2.45, 2.75) is 19.4 Å². The number of hydrogen-bond acceptors (Lipinski definition) is 6. The van der Waals surface area contributed by atoms with Crippen LogP contribution < -0.4 is 4.74 Å². The molecule has 6 nitrogen and oxygen atoms in total. The zero-order valence-corrected chi connectivity index (χ0v) is 16.0. The minimum Gasteiger partial charge on any atom is -0.483 e. The fourth-order valence-electron chi connectivity index (χ4n) is 3.08. The lowest BCUT2D eigenvalue weighted by atomic mass is 10.2. The van der Waals surface area contributed by atoms with E-state index < -0.39 is 0 Å². The van der Waals surface area contributed by atoms with Crippen molar-refractivity contribution in [3.05, 3.63) is 71.7 Å². The highest BCUT2D eigenvalue weighted by atomic mass is 32.1. The Morgan fingerprint density at radius 2 is 1.79 bits per heavy atom. The molecular formula is C21H17N5OS. The summed E-state index contributed by atoms with van der Waals surface area (Å²) < 4.78 is 7.88. The van der Waals surface area contributed by atoms with Gasteiger partial charge in [-0.2, -0.15) is 9.61 Å². The van der Waals surface area contributed by atoms with Crippen molar-refractivity contribution in [1.29, 1.82) is 0 Å². The van der Waals surface area contributed by atoms with Crippen molar-refractivity contribution in [3.8, 4) is 17.3 Å². The van der Waals surface area contributed by atoms with Gasteiger partial charge >= 0.3 is 0 Å². The predicted octanol–water partition coefficient (Wildman–Crippen LogP) is 4.93. The Hall–Kier alpha value is -3.32. The smallest absolute Gasteiger partial charge is 0.235 e. The Balaban J connectivity index is 1.52. The molecular weight excluding hydrogens is 370 g/mol. The van der Waals surface area contributed by atoms with Crippen LogP contribution >= 0.6 is 11.3 Å².